The van der Waals surface area contributed by atoms with Gasteiger partial charge in [0.2, 0.25) is 0 Å². The van der Waals surface area contributed by atoms with Crippen LogP contribution in [0.15, 0.2) is 52.6 Å². The van der Waals surface area contributed by atoms with E-state index in [1.165, 1.54) is 38.5 Å². The number of thiophene rings is 1. The molecule has 0 fully saturated rings. The molecule has 13 heteroatoms. The molecule has 0 aliphatic rings. The van der Waals surface area contributed by atoms with Gasteiger partial charge in [-0.3, -0.25) is 10.4 Å². The van der Waals surface area contributed by atoms with Gasteiger partial charge in [0.25, 0.3) is 0 Å². The molecule has 0 amide bonds. The van der Waals surface area contributed by atoms with Gasteiger partial charge in [-0.2, -0.15) is 4.68 Å². The highest BCUT2D eigenvalue weighted by Gasteiger charge is 2.24. The van der Waals surface area contributed by atoms with E-state index in [-0.39, 0.29) is 22.0 Å². The van der Waals surface area contributed by atoms with Crippen molar-refractivity contribution in [1.29, 1.82) is 5.41 Å². The first kappa shape index (κ1) is 24.5. The van der Waals surface area contributed by atoms with E-state index in [0.717, 1.165) is 16.0 Å². The van der Waals surface area contributed by atoms with E-state index in [4.69, 9.17) is 20.6 Å². The molecule has 0 unspecified atom stereocenters. The minimum atomic E-state index is -1.19. The van der Waals surface area contributed by atoms with Crippen LogP contribution in [0.4, 0.5) is 10.1 Å². The maximum absolute atomic E-state index is 14.5. The molecule has 36 heavy (non-hydrogen) atoms. The van der Waals surface area contributed by atoms with Crippen LogP contribution in [0.5, 0.6) is 11.5 Å². The maximum atomic E-state index is 14.5. The second kappa shape index (κ2) is 9.92. The maximum Gasteiger partial charge on any atom is 0.348 e. The summed E-state index contributed by atoms with van der Waals surface area (Å²) in [4.78, 5) is 27.0. The van der Waals surface area contributed by atoms with E-state index in [0.29, 0.717) is 22.7 Å². The Labute approximate surface area is 207 Å². The number of carboxylic acid groups (broad SMARTS) is 1. The summed E-state index contributed by atoms with van der Waals surface area (Å²) < 4.78 is 26.2. The van der Waals surface area contributed by atoms with Crippen molar-refractivity contribution in [2.45, 2.75) is 6.04 Å². The molecule has 2 aromatic heterocycles. The van der Waals surface area contributed by atoms with Crippen molar-refractivity contribution < 1.29 is 23.8 Å². The number of nitrogen functional groups attached to an aromatic ring is 1. The molecule has 0 radical (unpaired) electrons. The van der Waals surface area contributed by atoms with Gasteiger partial charge in [-0.05, 0) is 47.3 Å². The number of anilines is 1. The topological polar surface area (TPSA) is 168 Å². The predicted octanol–water partition coefficient (Wildman–Crippen LogP) is 2.96. The minimum absolute atomic E-state index is 0.0485. The van der Waals surface area contributed by atoms with Crippen LogP contribution < -0.4 is 26.2 Å². The molecule has 1 atom stereocenters. The summed E-state index contributed by atoms with van der Waals surface area (Å²) in [7, 11) is 2.97. The number of benzene rings is 2. The molecule has 11 nitrogen and oxygen atoms in total. The third-order valence-corrected chi connectivity index (χ3v) is 6.18. The van der Waals surface area contributed by atoms with E-state index < -0.39 is 29.4 Å². The Morgan fingerprint density at radius 2 is 1.97 bits per heavy atom. The highest BCUT2D eigenvalue weighted by molar-refractivity contribution is 7.12. The highest BCUT2D eigenvalue weighted by Crippen LogP contribution is 2.33. The van der Waals surface area contributed by atoms with E-state index in [2.05, 4.69) is 15.4 Å². The van der Waals surface area contributed by atoms with Gasteiger partial charge in [0.1, 0.15) is 22.6 Å². The van der Waals surface area contributed by atoms with Crippen LogP contribution in [-0.2, 0) is 0 Å². The van der Waals surface area contributed by atoms with Crippen LogP contribution >= 0.6 is 11.3 Å². The monoisotopic (exact) mass is 512 g/mol. The first-order valence-electron chi connectivity index (χ1n) is 10.4. The average Bonchev–Trinajstić information content (AvgIpc) is 3.48. The third kappa shape index (κ3) is 4.63. The molecule has 0 aliphatic heterocycles. The second-order valence-electron chi connectivity index (χ2n) is 7.47. The molecule has 6 N–H and O–H groups in total. The third-order valence-electron chi connectivity index (χ3n) is 5.29. The average molecular weight is 513 g/mol. The number of hydrogen-bond donors (Lipinski definition) is 5. The lowest BCUT2D eigenvalue weighted by atomic mass is 10.0. The molecule has 4 aromatic rings. The SMILES string of the molecule is COc1ccc([C@H](Nc2ccc(C(=N)N)c(F)c2)c2nn(-c3ccsc3C(=O)O)c(=O)[nH]2)cc1OC. The van der Waals surface area contributed by atoms with Gasteiger partial charge in [0, 0.05) is 5.69 Å². The Morgan fingerprint density at radius 1 is 1.22 bits per heavy atom. The number of aromatic amines is 1. The van der Waals surface area contributed by atoms with E-state index >= 15 is 0 Å². The van der Waals surface area contributed by atoms with Crippen LogP contribution in [0.3, 0.4) is 0 Å². The lowest BCUT2D eigenvalue weighted by Gasteiger charge is -2.20. The number of hydrogen-bond acceptors (Lipinski definition) is 8. The number of ether oxygens (including phenoxy) is 2. The number of rotatable bonds is 9. The number of carbonyl (C=O) groups is 1. The first-order chi connectivity index (χ1) is 17.2. The van der Waals surface area contributed by atoms with Crippen LogP contribution in [-0.4, -0.2) is 45.9 Å². The van der Waals surface area contributed by atoms with Gasteiger partial charge in [-0.15, -0.1) is 16.4 Å². The fraction of sp³-hybridized carbons (Fsp3) is 0.130. The van der Waals surface area contributed by atoms with Gasteiger partial charge in [-0.1, -0.05) is 6.07 Å². The second-order valence-corrected chi connectivity index (χ2v) is 8.38. The van der Waals surface area contributed by atoms with Crippen molar-refractivity contribution in [2.24, 2.45) is 5.73 Å². The fourth-order valence-electron chi connectivity index (χ4n) is 3.60. The number of nitrogens with one attached hydrogen (secondary N) is 3. The Bertz CT molecular complexity index is 1510. The standard InChI is InChI=1S/C23H21FN6O5S/c1-34-16-6-3-11(9-17(16)35-2)18(27-12-4-5-13(20(25)26)14(24)10-12)21-28-23(33)30(29-21)15-7-8-36-19(15)22(31)32/h3-10,18,27H,1-2H3,(H3,25,26)(H,31,32)(H,28,29,33)/t18-/m0/s1. The largest absolute Gasteiger partial charge is 0.493 e. The Morgan fingerprint density at radius 3 is 2.61 bits per heavy atom. The summed E-state index contributed by atoms with van der Waals surface area (Å²) in [6.45, 7) is 0. The zero-order valence-electron chi connectivity index (χ0n) is 19.0. The van der Waals surface area contributed by atoms with Crippen molar-refractivity contribution in [3.05, 3.63) is 86.0 Å². The minimum Gasteiger partial charge on any atom is -0.493 e. The van der Waals surface area contributed by atoms with E-state index in [1.54, 1.807) is 23.6 Å². The van der Waals surface area contributed by atoms with Gasteiger partial charge >= 0.3 is 11.7 Å². The van der Waals surface area contributed by atoms with Crippen LogP contribution in [0, 0.1) is 11.2 Å². The summed E-state index contributed by atoms with van der Waals surface area (Å²) in [5.74, 6) is -1.30. The van der Waals surface area contributed by atoms with Crippen molar-refractivity contribution in [1.82, 2.24) is 14.8 Å². The fourth-order valence-corrected chi connectivity index (χ4v) is 4.30. The zero-order chi connectivity index (χ0) is 26.0. The van der Waals surface area contributed by atoms with E-state index in [9.17, 15) is 19.1 Å². The van der Waals surface area contributed by atoms with Crippen molar-refractivity contribution in [2.75, 3.05) is 19.5 Å². The summed E-state index contributed by atoms with van der Waals surface area (Å²) in [5.41, 5.74) is 5.70. The summed E-state index contributed by atoms with van der Waals surface area (Å²) >= 11 is 0.964. The van der Waals surface area contributed by atoms with Crippen LogP contribution in [0.2, 0.25) is 0 Å². The predicted molar refractivity (Wildman–Crippen MR) is 131 cm³/mol. The molecular formula is C23H21FN6O5S. The lowest BCUT2D eigenvalue weighted by Crippen LogP contribution is -2.17. The number of aromatic carboxylic acids is 1. The molecule has 0 saturated heterocycles. The molecule has 4 rings (SSSR count). The summed E-state index contributed by atoms with van der Waals surface area (Å²) in [5, 5.41) is 25.9. The first-order valence-corrected chi connectivity index (χ1v) is 11.2. The number of carboxylic acids is 1. The number of amidine groups is 1. The molecule has 0 spiro atoms. The van der Waals surface area contributed by atoms with Crippen LogP contribution in [0.25, 0.3) is 5.69 Å². The molecule has 2 heterocycles. The van der Waals surface area contributed by atoms with Crippen molar-refractivity contribution in [3.8, 4) is 17.2 Å². The number of nitrogens with two attached hydrogens (primary N) is 1. The van der Waals surface area contributed by atoms with Gasteiger partial charge in [0.15, 0.2) is 17.3 Å². The quantitative estimate of drug-likeness (QED) is 0.168. The zero-order valence-corrected chi connectivity index (χ0v) is 19.9. The smallest absolute Gasteiger partial charge is 0.348 e. The molecular weight excluding hydrogens is 491 g/mol. The molecule has 0 bridgehead atoms. The number of nitrogens with zero attached hydrogens (tertiary/aromatic N) is 2. The Balaban J connectivity index is 1.83. The van der Waals surface area contributed by atoms with Crippen LogP contribution in [0.1, 0.15) is 32.7 Å². The van der Waals surface area contributed by atoms with Gasteiger partial charge in [0.05, 0.1) is 25.5 Å². The number of H-pyrrole nitrogens is 1. The Kier molecular flexibility index (Phi) is 6.74. The molecule has 2 aromatic carbocycles. The summed E-state index contributed by atoms with van der Waals surface area (Å²) in [6.07, 6.45) is 0. The molecule has 0 aliphatic carbocycles. The molecule has 0 saturated carbocycles. The van der Waals surface area contributed by atoms with Gasteiger partial charge < -0.3 is 25.6 Å². The van der Waals surface area contributed by atoms with Crippen molar-refractivity contribution >= 4 is 28.8 Å². The lowest BCUT2D eigenvalue weighted by molar-refractivity contribution is 0.0702. The summed E-state index contributed by atoms with van der Waals surface area (Å²) in [6, 6.07) is 9.76. The van der Waals surface area contributed by atoms with Gasteiger partial charge in [-0.25, -0.2) is 14.0 Å². The number of halogens is 1. The number of aromatic nitrogens is 3. The molecule has 186 valence electrons. The van der Waals surface area contributed by atoms with Crippen molar-refractivity contribution in [3.63, 3.8) is 0 Å². The van der Waals surface area contributed by atoms with E-state index in [1.807, 2.05) is 0 Å². The highest BCUT2D eigenvalue weighted by atomic mass is 32.1. The normalized spacial score (nSPS) is 11.6. The number of methoxy groups -OCH3 is 2. The Hall–Kier alpha value is -4.65.